The Bertz CT molecular complexity index is 1270. The van der Waals surface area contributed by atoms with Crippen molar-refractivity contribution in [3.05, 3.63) is 69.8 Å². The van der Waals surface area contributed by atoms with Gasteiger partial charge in [-0.1, -0.05) is 17.7 Å². The molecule has 1 aliphatic carbocycles. The van der Waals surface area contributed by atoms with E-state index < -0.39 is 41.1 Å². The molecule has 0 aliphatic heterocycles. The van der Waals surface area contributed by atoms with Gasteiger partial charge in [0.2, 0.25) is 0 Å². The minimum absolute atomic E-state index is 0.0209. The molecule has 0 radical (unpaired) electrons. The van der Waals surface area contributed by atoms with Gasteiger partial charge in [-0.05, 0) is 62.9 Å². The predicted molar refractivity (Wildman–Crippen MR) is 134 cm³/mol. The van der Waals surface area contributed by atoms with Crippen LogP contribution in [0.1, 0.15) is 43.0 Å². The van der Waals surface area contributed by atoms with Crippen molar-refractivity contribution in [3.63, 3.8) is 0 Å². The first-order chi connectivity index (χ1) is 17.7. The number of rotatable bonds is 8. The molecule has 11 heteroatoms. The second-order valence-electron chi connectivity index (χ2n) is 7.94. The number of methoxy groups -OCH3 is 1. The zero-order valence-electron chi connectivity index (χ0n) is 20.1. The fraction of sp³-hybridized carbons (Fsp3) is 0.308. The average Bonchev–Trinajstić information content (AvgIpc) is 2.89. The second-order valence-corrected chi connectivity index (χ2v) is 9.36. The average molecular weight is 552 g/mol. The number of imide groups is 1. The van der Waals surface area contributed by atoms with Crippen molar-refractivity contribution < 1.29 is 37.4 Å². The van der Waals surface area contributed by atoms with Crippen LogP contribution in [0.25, 0.3) is 0 Å². The van der Waals surface area contributed by atoms with E-state index in [1.165, 1.54) is 19.2 Å². The van der Waals surface area contributed by atoms with Gasteiger partial charge in [0.1, 0.15) is 11.6 Å². The molecular weight excluding hydrogens is 528 g/mol. The number of hydrogen-bond acceptors (Lipinski definition) is 7. The molecule has 0 saturated heterocycles. The summed E-state index contributed by atoms with van der Waals surface area (Å²) >= 11 is 7.08. The quantitative estimate of drug-likeness (QED) is 0.243. The van der Waals surface area contributed by atoms with Crippen LogP contribution in [0.4, 0.5) is 14.5 Å². The Kier molecular flexibility index (Phi) is 9.82. The SMILES string of the molecule is CCOC(=O)C1=C(C(=O)N(C(=O)c2cccc(F)c2)c2cc(SCC(=O)OC)c(Cl)cc2F)CCCC1. The maximum Gasteiger partial charge on any atom is 0.334 e. The van der Waals surface area contributed by atoms with Gasteiger partial charge in [0.05, 0.1) is 30.2 Å². The zero-order chi connectivity index (χ0) is 27.1. The van der Waals surface area contributed by atoms with Crippen LogP contribution in [0.5, 0.6) is 0 Å². The van der Waals surface area contributed by atoms with E-state index in [2.05, 4.69) is 4.74 Å². The van der Waals surface area contributed by atoms with Crippen molar-refractivity contribution in [2.75, 3.05) is 24.4 Å². The highest BCUT2D eigenvalue weighted by Crippen LogP contribution is 2.36. The zero-order valence-corrected chi connectivity index (χ0v) is 21.7. The van der Waals surface area contributed by atoms with Crippen molar-refractivity contribution >= 4 is 52.8 Å². The molecule has 0 unspecified atom stereocenters. The van der Waals surface area contributed by atoms with Crippen LogP contribution in [-0.2, 0) is 23.9 Å². The number of amides is 2. The lowest BCUT2D eigenvalue weighted by Gasteiger charge is -2.26. The number of esters is 2. The molecule has 0 fully saturated rings. The van der Waals surface area contributed by atoms with Gasteiger partial charge < -0.3 is 9.47 Å². The molecule has 0 aromatic heterocycles. The van der Waals surface area contributed by atoms with E-state index in [0.717, 1.165) is 36.0 Å². The van der Waals surface area contributed by atoms with Crippen LogP contribution in [-0.4, -0.2) is 43.2 Å². The Balaban J connectivity index is 2.17. The van der Waals surface area contributed by atoms with Crippen molar-refractivity contribution in [3.8, 4) is 0 Å². The van der Waals surface area contributed by atoms with Crippen LogP contribution in [0.2, 0.25) is 5.02 Å². The first kappa shape index (κ1) is 28.3. The molecule has 0 heterocycles. The van der Waals surface area contributed by atoms with Crippen molar-refractivity contribution in [2.24, 2.45) is 0 Å². The van der Waals surface area contributed by atoms with Gasteiger partial charge in [0.25, 0.3) is 11.8 Å². The first-order valence-corrected chi connectivity index (χ1v) is 12.8. The van der Waals surface area contributed by atoms with E-state index >= 15 is 4.39 Å². The fourth-order valence-corrected chi connectivity index (χ4v) is 4.87. The third-order valence-corrected chi connectivity index (χ3v) is 6.99. The highest BCUT2D eigenvalue weighted by Gasteiger charge is 2.34. The maximum absolute atomic E-state index is 15.3. The molecule has 0 N–H and O–H groups in total. The van der Waals surface area contributed by atoms with Gasteiger partial charge in [-0.25, -0.2) is 18.5 Å². The summed E-state index contributed by atoms with van der Waals surface area (Å²) in [6.07, 6.45) is 1.62. The number of carbonyl (C=O) groups excluding carboxylic acids is 4. The summed E-state index contributed by atoms with van der Waals surface area (Å²) in [6.45, 7) is 1.71. The number of carbonyl (C=O) groups is 4. The van der Waals surface area contributed by atoms with Crippen LogP contribution in [0.15, 0.2) is 52.4 Å². The molecule has 0 saturated carbocycles. The molecule has 196 valence electrons. The molecule has 7 nitrogen and oxygen atoms in total. The van der Waals surface area contributed by atoms with E-state index in [1.54, 1.807) is 6.92 Å². The Morgan fingerprint density at radius 2 is 1.73 bits per heavy atom. The van der Waals surface area contributed by atoms with Crippen LogP contribution in [0.3, 0.4) is 0 Å². The molecule has 0 atom stereocenters. The topological polar surface area (TPSA) is 90.0 Å². The van der Waals surface area contributed by atoms with E-state index in [-0.39, 0.29) is 51.8 Å². The van der Waals surface area contributed by atoms with Crippen molar-refractivity contribution in [1.82, 2.24) is 0 Å². The smallest absolute Gasteiger partial charge is 0.334 e. The molecule has 2 aromatic rings. The number of benzene rings is 2. The van der Waals surface area contributed by atoms with Gasteiger partial charge in [-0.15, -0.1) is 11.8 Å². The summed E-state index contributed by atoms with van der Waals surface area (Å²) < 4.78 is 38.9. The molecule has 3 rings (SSSR count). The molecule has 2 aromatic carbocycles. The predicted octanol–water partition coefficient (Wildman–Crippen LogP) is 5.49. The largest absolute Gasteiger partial charge is 0.468 e. The number of thioether (sulfide) groups is 1. The van der Waals surface area contributed by atoms with Gasteiger partial charge in [0.15, 0.2) is 0 Å². The van der Waals surface area contributed by atoms with E-state index in [9.17, 15) is 23.6 Å². The highest BCUT2D eigenvalue weighted by atomic mass is 35.5. The normalized spacial score (nSPS) is 13.2. The van der Waals surface area contributed by atoms with Gasteiger partial charge in [-0.2, -0.15) is 0 Å². The van der Waals surface area contributed by atoms with E-state index in [1.807, 2.05) is 0 Å². The van der Waals surface area contributed by atoms with E-state index in [4.69, 9.17) is 16.3 Å². The second kappa shape index (κ2) is 12.8. The first-order valence-electron chi connectivity index (χ1n) is 11.4. The number of ether oxygens (including phenoxy) is 2. The third kappa shape index (κ3) is 6.75. The molecule has 1 aliphatic rings. The Labute approximate surface area is 221 Å². The maximum atomic E-state index is 15.3. The number of halogens is 3. The molecule has 0 bridgehead atoms. The lowest BCUT2D eigenvalue weighted by atomic mass is 9.90. The fourth-order valence-electron chi connectivity index (χ4n) is 3.78. The highest BCUT2D eigenvalue weighted by molar-refractivity contribution is 8.00. The van der Waals surface area contributed by atoms with E-state index in [0.29, 0.717) is 17.7 Å². The van der Waals surface area contributed by atoms with Gasteiger partial charge in [-0.3, -0.25) is 14.4 Å². The molecule has 2 amide bonds. The monoisotopic (exact) mass is 551 g/mol. The minimum Gasteiger partial charge on any atom is -0.468 e. The molecule has 37 heavy (non-hydrogen) atoms. The lowest BCUT2D eigenvalue weighted by Crippen LogP contribution is -2.40. The summed E-state index contributed by atoms with van der Waals surface area (Å²) in [5, 5.41) is -0.0511. The van der Waals surface area contributed by atoms with Crippen molar-refractivity contribution in [2.45, 2.75) is 37.5 Å². The Hall–Kier alpha value is -3.24. The number of nitrogens with zero attached hydrogens (tertiary/aromatic N) is 1. The Morgan fingerprint density at radius 1 is 1.03 bits per heavy atom. The number of anilines is 1. The third-order valence-electron chi connectivity index (χ3n) is 5.54. The lowest BCUT2D eigenvalue weighted by molar-refractivity contribution is -0.139. The summed E-state index contributed by atoms with van der Waals surface area (Å²) in [7, 11) is 1.21. The minimum atomic E-state index is -1.00. The standard InChI is InChI=1S/C26H24ClF2NO6S/c1-3-36-26(34)18-10-5-4-9-17(18)25(33)30(24(32)15-7-6-8-16(28)11-15)21-13-22(19(27)12-20(21)29)37-14-23(31)35-2/h6-8,11-13H,3-5,9-10,14H2,1-2H3. The summed E-state index contributed by atoms with van der Waals surface area (Å²) in [5.41, 5.74) is -0.532. The molecular formula is C26H24ClF2NO6S. The summed E-state index contributed by atoms with van der Waals surface area (Å²) in [5.74, 6) is -5.08. The number of hydrogen-bond donors (Lipinski definition) is 0. The van der Waals surface area contributed by atoms with Crippen LogP contribution in [0, 0.1) is 11.6 Å². The van der Waals surface area contributed by atoms with Crippen LogP contribution >= 0.6 is 23.4 Å². The van der Waals surface area contributed by atoms with Crippen LogP contribution < -0.4 is 4.90 Å². The summed E-state index contributed by atoms with van der Waals surface area (Å²) in [6, 6.07) is 6.69. The Morgan fingerprint density at radius 3 is 2.38 bits per heavy atom. The summed E-state index contributed by atoms with van der Waals surface area (Å²) in [4.78, 5) is 52.4. The van der Waals surface area contributed by atoms with Crippen molar-refractivity contribution in [1.29, 1.82) is 0 Å². The van der Waals surface area contributed by atoms with Gasteiger partial charge >= 0.3 is 11.9 Å². The molecule has 0 spiro atoms. The van der Waals surface area contributed by atoms with Gasteiger partial charge in [0, 0.05) is 21.6 Å².